The number of benzene rings is 2. The van der Waals surface area contributed by atoms with Crippen molar-refractivity contribution in [3.63, 3.8) is 0 Å². The summed E-state index contributed by atoms with van der Waals surface area (Å²) in [4.78, 5) is 26.9. The summed E-state index contributed by atoms with van der Waals surface area (Å²) in [5, 5.41) is 2.57. The van der Waals surface area contributed by atoms with Crippen molar-refractivity contribution < 1.29 is 14.3 Å². The zero-order valence-electron chi connectivity index (χ0n) is 29.1. The van der Waals surface area contributed by atoms with Crippen LogP contribution in [0, 0.1) is 23.7 Å². The van der Waals surface area contributed by atoms with E-state index in [1.54, 1.807) is 7.11 Å². The molecule has 6 aliphatic rings. The summed E-state index contributed by atoms with van der Waals surface area (Å²) in [5.74, 6) is 2.89. The Labute approximate surface area is 284 Å². The number of nitrogens with one attached hydrogen (secondary N) is 2. The molecule has 0 amide bonds. The molecule has 2 unspecified atom stereocenters. The molecule has 4 fully saturated rings. The van der Waals surface area contributed by atoms with Gasteiger partial charge in [-0.15, -0.1) is 0 Å². The maximum atomic E-state index is 13.7. The van der Waals surface area contributed by atoms with Crippen molar-refractivity contribution in [3.8, 4) is 5.75 Å². The SMILES string of the molecule is C/C=C1/CN(C)[C@H]2Cc3c([nH]c4ccccc34)[C@H](c3cc4[nH]c5c(c4cc3OC)CCN3C[C@@H]4C[C@H](CC)[C@H]3[C@H]5C4)C[C@@H]1C2C(=O)OC. The van der Waals surface area contributed by atoms with E-state index >= 15 is 0 Å². The number of carbonyl (C=O) groups is 1. The molecule has 4 aliphatic heterocycles. The number of nitrogens with zero attached hydrogens (tertiary/aromatic N) is 2. The third-order valence-corrected chi connectivity index (χ3v) is 13.5. The Kier molecular flexibility index (Phi) is 7.32. The first-order chi connectivity index (χ1) is 23.4. The van der Waals surface area contributed by atoms with Gasteiger partial charge in [-0.3, -0.25) is 14.6 Å². The topological polar surface area (TPSA) is 73.6 Å². The van der Waals surface area contributed by atoms with Gasteiger partial charge >= 0.3 is 5.97 Å². The van der Waals surface area contributed by atoms with Gasteiger partial charge in [-0.25, -0.2) is 0 Å². The van der Waals surface area contributed by atoms with Gasteiger partial charge in [-0.1, -0.05) is 43.2 Å². The Morgan fingerprint density at radius 3 is 2.62 bits per heavy atom. The summed E-state index contributed by atoms with van der Waals surface area (Å²) in [6.07, 6.45) is 8.91. The fourth-order valence-corrected chi connectivity index (χ4v) is 11.4. The molecule has 2 N–H and O–H groups in total. The van der Waals surface area contributed by atoms with Crippen LogP contribution in [0.3, 0.4) is 0 Å². The molecule has 2 aliphatic carbocycles. The standard InChI is InChI=1S/C41H50N4O3/c1-6-23-14-22-15-32-38-26(12-13-45(20-22)40(23)32)28-19-36(47-4)29(17-34(28)43-38)30-16-27-24(7-2)21-44(3)35(37(27)41(46)48-5)18-31-25-10-8-9-11-33(25)42-39(30)31/h7-11,17,19,22-23,27,30,32,35,37,40,42-43H,6,12-16,18,20-21H2,1-5H3/b24-7-/t22-,23+,27+,30+,32+,35+,37?,40+/m1/s1. The molecule has 9 atom stereocenters. The van der Waals surface area contributed by atoms with Crippen molar-refractivity contribution in [2.45, 2.75) is 76.3 Å². The molecule has 3 saturated heterocycles. The first-order valence-electron chi connectivity index (χ1n) is 18.4. The van der Waals surface area contributed by atoms with E-state index in [4.69, 9.17) is 9.47 Å². The lowest BCUT2D eigenvalue weighted by molar-refractivity contribution is -0.151. The predicted octanol–water partition coefficient (Wildman–Crippen LogP) is 7.16. The number of para-hydroxylation sites is 1. The Bertz CT molecular complexity index is 1940. The first kappa shape index (κ1) is 30.5. The van der Waals surface area contributed by atoms with Crippen LogP contribution < -0.4 is 4.74 Å². The molecule has 0 radical (unpaired) electrons. The number of aromatic amines is 2. The van der Waals surface area contributed by atoms with Crippen LogP contribution in [0.25, 0.3) is 21.8 Å². The van der Waals surface area contributed by atoms with Gasteiger partial charge in [0.1, 0.15) is 5.75 Å². The number of rotatable bonds is 4. The van der Waals surface area contributed by atoms with Crippen LogP contribution in [-0.2, 0) is 22.4 Å². The Morgan fingerprint density at radius 2 is 1.83 bits per heavy atom. The van der Waals surface area contributed by atoms with Gasteiger partial charge in [0.25, 0.3) is 0 Å². The molecule has 2 aromatic heterocycles. The number of H-pyrrole nitrogens is 2. The highest BCUT2D eigenvalue weighted by Crippen LogP contribution is 2.53. The molecule has 48 heavy (non-hydrogen) atoms. The predicted molar refractivity (Wildman–Crippen MR) is 191 cm³/mol. The van der Waals surface area contributed by atoms with Crippen LogP contribution >= 0.6 is 0 Å². The second kappa shape index (κ2) is 11.5. The van der Waals surface area contributed by atoms with E-state index in [2.05, 4.69) is 83.1 Å². The van der Waals surface area contributed by atoms with E-state index in [9.17, 15) is 4.79 Å². The van der Waals surface area contributed by atoms with Crippen LogP contribution in [0.1, 0.15) is 79.4 Å². The third kappa shape index (κ3) is 4.42. The van der Waals surface area contributed by atoms with Gasteiger partial charge in [-0.2, -0.15) is 0 Å². The van der Waals surface area contributed by atoms with Crippen LogP contribution in [0.2, 0.25) is 0 Å². The molecule has 1 saturated carbocycles. The zero-order valence-corrected chi connectivity index (χ0v) is 29.1. The minimum Gasteiger partial charge on any atom is -0.496 e. The highest BCUT2D eigenvalue weighted by atomic mass is 16.5. The van der Waals surface area contributed by atoms with Crippen LogP contribution in [0.15, 0.2) is 48.0 Å². The van der Waals surface area contributed by atoms with Crippen LogP contribution in [0.4, 0.5) is 0 Å². The second-order valence-electron chi connectivity index (χ2n) is 15.6. The summed E-state index contributed by atoms with van der Waals surface area (Å²) >= 11 is 0. The molecule has 2 aromatic carbocycles. The van der Waals surface area contributed by atoms with E-state index in [0.717, 1.165) is 55.5 Å². The lowest BCUT2D eigenvalue weighted by Crippen LogP contribution is -2.56. The monoisotopic (exact) mass is 646 g/mol. The summed E-state index contributed by atoms with van der Waals surface area (Å²) in [6.45, 7) is 7.81. The van der Waals surface area contributed by atoms with Crippen molar-refractivity contribution in [2.75, 3.05) is 40.9 Å². The van der Waals surface area contributed by atoms with Crippen molar-refractivity contribution in [3.05, 3.63) is 76.1 Å². The fourth-order valence-electron chi connectivity index (χ4n) is 11.4. The highest BCUT2D eigenvalue weighted by molar-refractivity contribution is 5.89. The third-order valence-electron chi connectivity index (χ3n) is 13.5. The van der Waals surface area contributed by atoms with Gasteiger partial charge in [-0.05, 0) is 93.2 Å². The molecule has 7 nitrogen and oxygen atoms in total. The number of fused-ring (bicyclic) bond motifs is 9. The van der Waals surface area contributed by atoms with Crippen molar-refractivity contribution in [2.24, 2.45) is 23.7 Å². The molecule has 0 spiro atoms. The van der Waals surface area contributed by atoms with Crippen LogP contribution in [0.5, 0.6) is 5.75 Å². The minimum atomic E-state index is -0.239. The van der Waals surface area contributed by atoms with Gasteiger partial charge in [0, 0.05) is 82.3 Å². The quantitative estimate of drug-likeness (QED) is 0.182. The highest BCUT2D eigenvalue weighted by Gasteiger charge is 2.50. The Balaban J connectivity index is 1.23. The molecule has 6 heterocycles. The van der Waals surface area contributed by atoms with Crippen molar-refractivity contribution in [1.82, 2.24) is 19.8 Å². The van der Waals surface area contributed by atoms with E-state index in [-0.39, 0.29) is 29.8 Å². The number of ether oxygens (including phenoxy) is 2. The lowest BCUT2D eigenvalue weighted by atomic mass is 9.65. The lowest BCUT2D eigenvalue weighted by Gasteiger charge is -2.53. The zero-order chi connectivity index (χ0) is 32.8. The maximum absolute atomic E-state index is 13.7. The molecule has 7 heteroatoms. The Morgan fingerprint density at radius 1 is 1.00 bits per heavy atom. The number of allylic oxidation sites excluding steroid dienone is 1. The maximum Gasteiger partial charge on any atom is 0.310 e. The van der Waals surface area contributed by atoms with E-state index in [1.807, 2.05) is 7.11 Å². The largest absolute Gasteiger partial charge is 0.496 e. The number of carbonyl (C=O) groups excluding carboxylic acids is 1. The average molecular weight is 647 g/mol. The summed E-state index contributed by atoms with van der Waals surface area (Å²) in [5.41, 5.74) is 10.5. The minimum absolute atomic E-state index is 0.0250. The number of methoxy groups -OCH3 is 2. The molecular formula is C41H50N4O3. The number of esters is 1. The number of hydrogen-bond acceptors (Lipinski definition) is 5. The van der Waals surface area contributed by atoms with E-state index in [1.165, 1.54) is 75.7 Å². The summed E-state index contributed by atoms with van der Waals surface area (Å²) in [7, 11) is 5.54. The average Bonchev–Trinajstić information content (AvgIpc) is 3.62. The van der Waals surface area contributed by atoms with Crippen molar-refractivity contribution in [1.29, 1.82) is 0 Å². The molecule has 4 aromatic rings. The van der Waals surface area contributed by atoms with Gasteiger partial charge in [0.15, 0.2) is 0 Å². The first-order valence-corrected chi connectivity index (χ1v) is 18.4. The van der Waals surface area contributed by atoms with Gasteiger partial charge in [0.05, 0.1) is 20.1 Å². The number of likely N-dealkylation sites (N-methyl/N-ethyl adjacent to an activating group) is 1. The van der Waals surface area contributed by atoms with E-state index in [0.29, 0.717) is 12.0 Å². The second-order valence-corrected chi connectivity index (χ2v) is 15.6. The summed E-state index contributed by atoms with van der Waals surface area (Å²) < 4.78 is 11.9. The number of hydrogen-bond donors (Lipinski definition) is 2. The van der Waals surface area contributed by atoms with E-state index < -0.39 is 0 Å². The Hall–Kier alpha value is -3.55. The number of likely N-dealkylation sites (tertiary alicyclic amines) is 1. The smallest absolute Gasteiger partial charge is 0.310 e. The fraction of sp³-hybridized carbons (Fsp3) is 0.537. The van der Waals surface area contributed by atoms with Gasteiger partial charge in [0.2, 0.25) is 0 Å². The van der Waals surface area contributed by atoms with Crippen molar-refractivity contribution >= 4 is 27.8 Å². The molecule has 10 rings (SSSR count). The number of piperidine rings is 3. The molecule has 252 valence electrons. The molecular weight excluding hydrogens is 596 g/mol. The normalized spacial score (nSPS) is 33.6. The van der Waals surface area contributed by atoms with Crippen LogP contribution in [-0.4, -0.2) is 78.7 Å². The summed E-state index contributed by atoms with van der Waals surface area (Å²) in [6, 6.07) is 14.1. The molecule has 6 bridgehead atoms. The van der Waals surface area contributed by atoms with Gasteiger partial charge < -0.3 is 19.4 Å². The number of aromatic nitrogens is 2.